The Kier molecular flexibility index (Phi) is 11.4. The second-order valence-corrected chi connectivity index (χ2v) is 6.91. The Morgan fingerprint density at radius 1 is 0.846 bits per heavy atom. The van der Waals surface area contributed by atoms with Gasteiger partial charge in [0.2, 0.25) is 5.91 Å². The number of rotatable bonds is 4. The lowest BCUT2D eigenvalue weighted by molar-refractivity contribution is -0.193. The molecule has 2 aromatic carbocycles. The Morgan fingerprint density at radius 3 is 1.77 bits per heavy atom. The van der Waals surface area contributed by atoms with Gasteiger partial charge >= 0.3 is 24.3 Å². The van der Waals surface area contributed by atoms with E-state index in [2.05, 4.69) is 15.3 Å². The van der Waals surface area contributed by atoms with E-state index in [4.69, 9.17) is 25.5 Å². The van der Waals surface area contributed by atoms with Crippen LogP contribution in [0.25, 0.3) is 11.3 Å². The van der Waals surface area contributed by atoms with Gasteiger partial charge in [0.1, 0.15) is 24.0 Å². The molecule has 39 heavy (non-hydrogen) atoms. The Balaban J connectivity index is 0.000000449. The number of aromatic nitrogens is 2. The van der Waals surface area contributed by atoms with Crippen LogP contribution in [0.1, 0.15) is 11.6 Å². The second kappa shape index (κ2) is 13.8. The number of nitrogens with one attached hydrogen (secondary N) is 1. The van der Waals surface area contributed by atoms with Crippen LogP contribution in [0.3, 0.4) is 0 Å². The van der Waals surface area contributed by atoms with E-state index < -0.39 is 47.9 Å². The molecule has 1 amide bonds. The first-order valence-corrected chi connectivity index (χ1v) is 9.91. The van der Waals surface area contributed by atoms with Crippen molar-refractivity contribution in [2.45, 2.75) is 18.4 Å². The van der Waals surface area contributed by atoms with Crippen LogP contribution in [0.5, 0.6) is 0 Å². The molecule has 0 radical (unpaired) electrons. The first kappa shape index (κ1) is 32.4. The third-order valence-electron chi connectivity index (χ3n) is 4.10. The van der Waals surface area contributed by atoms with Crippen molar-refractivity contribution >= 4 is 23.5 Å². The summed E-state index contributed by atoms with van der Waals surface area (Å²) in [7, 11) is 0. The van der Waals surface area contributed by atoms with E-state index in [-0.39, 0.29) is 5.56 Å². The van der Waals surface area contributed by atoms with Crippen molar-refractivity contribution in [3.8, 4) is 11.3 Å². The summed E-state index contributed by atoms with van der Waals surface area (Å²) in [5.74, 6) is -7.70. The molecule has 0 spiro atoms. The van der Waals surface area contributed by atoms with Crippen LogP contribution in [0.4, 0.5) is 40.8 Å². The molecule has 210 valence electrons. The minimum atomic E-state index is -5.08. The standard InChI is InChI=1S/C18H14F2N4O.2C2HF3O2/c19-12-3-6-14(15(20)9-12)17(21)18(25)24-13-4-1-11(2-5-13)16-7-8-22-10-23-16;2*3-2(4,5)1(6)7/h1-10,17H,21H2,(H,24,25);2*(H,6,7). The Labute approximate surface area is 212 Å². The summed E-state index contributed by atoms with van der Waals surface area (Å²) >= 11 is 0. The zero-order valence-electron chi connectivity index (χ0n) is 19.0. The molecule has 0 bridgehead atoms. The summed E-state index contributed by atoms with van der Waals surface area (Å²) in [4.78, 5) is 38.0. The highest BCUT2D eigenvalue weighted by molar-refractivity contribution is 5.95. The molecule has 0 fully saturated rings. The van der Waals surface area contributed by atoms with Gasteiger partial charge in [-0.1, -0.05) is 18.2 Å². The minimum absolute atomic E-state index is 0.0727. The molecule has 0 aliphatic rings. The number of aliphatic carboxylic acids is 2. The zero-order valence-corrected chi connectivity index (χ0v) is 19.0. The summed E-state index contributed by atoms with van der Waals surface area (Å²) in [6.07, 6.45) is -7.09. The van der Waals surface area contributed by atoms with E-state index >= 15 is 0 Å². The number of nitrogens with two attached hydrogens (primary N) is 1. The highest BCUT2D eigenvalue weighted by Crippen LogP contribution is 2.21. The van der Waals surface area contributed by atoms with Gasteiger partial charge in [0.25, 0.3) is 0 Å². The fourth-order valence-electron chi connectivity index (χ4n) is 2.30. The van der Waals surface area contributed by atoms with Crippen LogP contribution in [0.2, 0.25) is 0 Å². The number of hydrogen-bond donors (Lipinski definition) is 4. The Morgan fingerprint density at radius 2 is 1.36 bits per heavy atom. The predicted molar refractivity (Wildman–Crippen MR) is 117 cm³/mol. The maximum absolute atomic E-state index is 13.7. The third kappa shape index (κ3) is 11.1. The molecule has 3 rings (SSSR count). The van der Waals surface area contributed by atoms with Crippen molar-refractivity contribution in [1.82, 2.24) is 9.97 Å². The maximum atomic E-state index is 13.7. The lowest BCUT2D eigenvalue weighted by Crippen LogP contribution is -2.28. The topological polar surface area (TPSA) is 156 Å². The van der Waals surface area contributed by atoms with Gasteiger partial charge in [-0.15, -0.1) is 0 Å². The smallest absolute Gasteiger partial charge is 0.475 e. The number of carbonyl (C=O) groups excluding carboxylic acids is 1. The van der Waals surface area contributed by atoms with Crippen molar-refractivity contribution in [3.05, 3.63) is 78.3 Å². The summed E-state index contributed by atoms with van der Waals surface area (Å²) < 4.78 is 90.1. The van der Waals surface area contributed by atoms with E-state index in [1.54, 1.807) is 36.5 Å². The van der Waals surface area contributed by atoms with Crippen molar-refractivity contribution in [2.24, 2.45) is 5.73 Å². The number of halogens is 8. The van der Waals surface area contributed by atoms with Gasteiger partial charge in [-0.05, 0) is 24.3 Å². The number of nitrogens with zero attached hydrogens (tertiary/aromatic N) is 2. The SMILES string of the molecule is NC(C(=O)Nc1ccc(-c2ccncn2)cc1)c1ccc(F)cc1F.O=C(O)C(F)(F)F.O=C(O)C(F)(F)F. The summed E-state index contributed by atoms with van der Waals surface area (Å²) in [5, 5.41) is 16.9. The second-order valence-electron chi connectivity index (χ2n) is 6.91. The molecule has 0 saturated carbocycles. The van der Waals surface area contributed by atoms with Crippen LogP contribution in [0, 0.1) is 11.6 Å². The normalized spacial score (nSPS) is 11.6. The first-order valence-electron chi connectivity index (χ1n) is 9.91. The average Bonchev–Trinajstić information content (AvgIpc) is 2.84. The summed E-state index contributed by atoms with van der Waals surface area (Å²) in [5.41, 5.74) is 7.80. The molecule has 1 atom stereocenters. The molecule has 0 saturated heterocycles. The Hall–Kier alpha value is -4.67. The van der Waals surface area contributed by atoms with Crippen molar-refractivity contribution in [1.29, 1.82) is 0 Å². The van der Waals surface area contributed by atoms with Gasteiger partial charge in [-0.25, -0.2) is 28.3 Å². The van der Waals surface area contributed by atoms with Gasteiger partial charge in [0.15, 0.2) is 0 Å². The predicted octanol–water partition coefficient (Wildman–Crippen LogP) is 4.33. The number of carboxylic acid groups (broad SMARTS) is 2. The highest BCUT2D eigenvalue weighted by atomic mass is 19.4. The van der Waals surface area contributed by atoms with E-state index in [1.807, 2.05) is 0 Å². The number of hydrogen-bond acceptors (Lipinski definition) is 6. The fraction of sp³-hybridized carbons (Fsp3) is 0.136. The quantitative estimate of drug-likeness (QED) is 0.339. The van der Waals surface area contributed by atoms with Gasteiger partial charge < -0.3 is 21.3 Å². The molecular weight excluding hydrogens is 552 g/mol. The third-order valence-corrected chi connectivity index (χ3v) is 4.10. The molecule has 0 aliphatic heterocycles. The highest BCUT2D eigenvalue weighted by Gasteiger charge is 2.38. The van der Waals surface area contributed by atoms with Crippen LogP contribution in [-0.2, 0) is 14.4 Å². The molecule has 17 heteroatoms. The van der Waals surface area contributed by atoms with Crippen LogP contribution >= 0.6 is 0 Å². The van der Waals surface area contributed by atoms with Crippen molar-refractivity contribution in [3.63, 3.8) is 0 Å². The molecular formula is C22H16F8N4O5. The van der Waals surface area contributed by atoms with Crippen molar-refractivity contribution < 1.29 is 59.7 Å². The van der Waals surface area contributed by atoms with Gasteiger partial charge in [-0.3, -0.25) is 4.79 Å². The minimum Gasteiger partial charge on any atom is -0.475 e. The fourth-order valence-corrected chi connectivity index (χ4v) is 2.30. The largest absolute Gasteiger partial charge is 0.490 e. The molecule has 9 nitrogen and oxygen atoms in total. The number of carboxylic acids is 2. The maximum Gasteiger partial charge on any atom is 0.490 e. The summed E-state index contributed by atoms with van der Waals surface area (Å²) in [6, 6.07) is 10.4. The Bertz CT molecular complexity index is 1250. The lowest BCUT2D eigenvalue weighted by Gasteiger charge is -2.13. The molecule has 0 aliphatic carbocycles. The molecule has 1 heterocycles. The first-order chi connectivity index (χ1) is 17.9. The van der Waals surface area contributed by atoms with E-state index in [0.717, 1.165) is 23.4 Å². The van der Waals surface area contributed by atoms with Gasteiger partial charge in [0.05, 0.1) is 5.69 Å². The number of benzene rings is 2. The summed E-state index contributed by atoms with van der Waals surface area (Å²) in [6.45, 7) is 0. The molecule has 1 aromatic heterocycles. The van der Waals surface area contributed by atoms with Gasteiger partial charge in [-0.2, -0.15) is 26.3 Å². The molecule has 3 aromatic rings. The van der Waals surface area contributed by atoms with Crippen LogP contribution < -0.4 is 11.1 Å². The zero-order chi connectivity index (χ0) is 30.0. The monoisotopic (exact) mass is 568 g/mol. The van der Waals surface area contributed by atoms with E-state index in [9.17, 15) is 39.9 Å². The number of alkyl halides is 6. The number of anilines is 1. The number of amides is 1. The lowest BCUT2D eigenvalue weighted by atomic mass is 10.1. The average molecular weight is 568 g/mol. The van der Waals surface area contributed by atoms with E-state index in [0.29, 0.717) is 11.8 Å². The molecule has 5 N–H and O–H groups in total. The van der Waals surface area contributed by atoms with Crippen molar-refractivity contribution in [2.75, 3.05) is 5.32 Å². The molecule has 1 unspecified atom stereocenters. The van der Waals surface area contributed by atoms with Crippen LogP contribution in [-0.4, -0.2) is 50.4 Å². The number of carbonyl (C=O) groups is 3. The van der Waals surface area contributed by atoms with Gasteiger partial charge in [0, 0.05) is 29.1 Å². The van der Waals surface area contributed by atoms with Crippen LogP contribution in [0.15, 0.2) is 61.1 Å². The van der Waals surface area contributed by atoms with E-state index in [1.165, 1.54) is 6.33 Å².